The van der Waals surface area contributed by atoms with Gasteiger partial charge < -0.3 is 10.1 Å². The molecule has 0 spiro atoms. The minimum atomic E-state index is 0.0186. The molecule has 2 rings (SSSR count). The first kappa shape index (κ1) is 19.3. The van der Waals surface area contributed by atoms with Crippen LogP contribution in [0.5, 0.6) is 0 Å². The summed E-state index contributed by atoms with van der Waals surface area (Å²) >= 11 is 1.64. The fourth-order valence-corrected chi connectivity index (χ4v) is 3.71. The van der Waals surface area contributed by atoms with Gasteiger partial charge in [-0.3, -0.25) is 9.69 Å². The largest absolute Gasteiger partial charge is 0.377 e. The van der Waals surface area contributed by atoms with Gasteiger partial charge in [0.15, 0.2) is 0 Å². The van der Waals surface area contributed by atoms with Crippen LogP contribution in [0.15, 0.2) is 29.2 Å². The summed E-state index contributed by atoms with van der Waals surface area (Å²) in [6, 6.07) is 7.88. The summed E-state index contributed by atoms with van der Waals surface area (Å²) in [5, 5.41) is 3.00. The molecule has 0 aliphatic heterocycles. The maximum absolute atomic E-state index is 12.2. The highest BCUT2D eigenvalue weighted by atomic mass is 32.2. The number of likely N-dealkylation sites (N-methyl/N-ethyl adjacent to an activating group) is 1. The zero-order chi connectivity index (χ0) is 17.4. The summed E-state index contributed by atoms with van der Waals surface area (Å²) in [6.45, 7) is 4.14. The van der Waals surface area contributed by atoms with Crippen LogP contribution in [0.2, 0.25) is 0 Å². The van der Waals surface area contributed by atoms with E-state index in [-0.39, 0.29) is 5.91 Å². The third-order valence-corrected chi connectivity index (χ3v) is 5.43. The first-order valence-electron chi connectivity index (χ1n) is 8.83. The van der Waals surface area contributed by atoms with Crippen molar-refractivity contribution in [3.05, 3.63) is 24.3 Å². The lowest BCUT2D eigenvalue weighted by atomic mass is 9.88. The summed E-state index contributed by atoms with van der Waals surface area (Å²) in [7, 11) is 1.97. The van der Waals surface area contributed by atoms with E-state index in [4.69, 9.17) is 4.74 Å². The van der Waals surface area contributed by atoms with Crippen molar-refractivity contribution in [3.63, 3.8) is 0 Å². The Bertz CT molecular complexity index is 524. The molecule has 2 atom stereocenters. The average molecular weight is 351 g/mol. The van der Waals surface area contributed by atoms with Gasteiger partial charge in [0, 0.05) is 11.4 Å². The zero-order valence-corrected chi connectivity index (χ0v) is 15.9. The molecule has 4 nitrogen and oxygen atoms in total. The van der Waals surface area contributed by atoms with E-state index in [0.717, 1.165) is 17.1 Å². The SMILES string of the molecule is CSc1ccccc1NC(=O)CN(C)CCO[C@H]1CCCC[C@H]1C. The third-order valence-electron chi connectivity index (χ3n) is 4.63. The fraction of sp³-hybridized carbons (Fsp3) is 0.632. The number of carbonyl (C=O) groups is 1. The molecule has 5 heteroatoms. The number of carbonyl (C=O) groups excluding carboxylic acids is 1. The second kappa shape index (κ2) is 10.1. The Morgan fingerprint density at radius 3 is 2.83 bits per heavy atom. The molecule has 1 fully saturated rings. The number of ether oxygens (including phenoxy) is 1. The van der Waals surface area contributed by atoms with E-state index < -0.39 is 0 Å². The second-order valence-corrected chi connectivity index (χ2v) is 7.51. The number of benzene rings is 1. The van der Waals surface area contributed by atoms with Gasteiger partial charge in [-0.1, -0.05) is 31.9 Å². The van der Waals surface area contributed by atoms with E-state index in [0.29, 0.717) is 25.2 Å². The topological polar surface area (TPSA) is 41.6 Å². The molecule has 0 saturated heterocycles. The van der Waals surface area contributed by atoms with Gasteiger partial charge in [0.1, 0.15) is 0 Å². The molecule has 1 amide bonds. The van der Waals surface area contributed by atoms with Gasteiger partial charge in [0.25, 0.3) is 0 Å². The standard InChI is InChI=1S/C19H30N2O2S/c1-15-8-4-6-10-17(15)23-13-12-21(2)14-19(22)20-16-9-5-7-11-18(16)24-3/h5,7,9,11,15,17H,4,6,8,10,12-14H2,1-3H3,(H,20,22)/t15-,17+/m1/s1. The summed E-state index contributed by atoms with van der Waals surface area (Å²) < 4.78 is 6.03. The van der Waals surface area contributed by atoms with Crippen LogP contribution >= 0.6 is 11.8 Å². The van der Waals surface area contributed by atoms with Crippen molar-refractivity contribution in [1.82, 2.24) is 4.90 Å². The smallest absolute Gasteiger partial charge is 0.238 e. The molecular formula is C19H30N2O2S. The molecule has 1 aromatic rings. The van der Waals surface area contributed by atoms with Crippen LogP contribution in [-0.4, -0.2) is 49.9 Å². The number of nitrogens with zero attached hydrogens (tertiary/aromatic N) is 1. The summed E-state index contributed by atoms with van der Waals surface area (Å²) in [6.07, 6.45) is 7.48. The first-order valence-corrected chi connectivity index (χ1v) is 10.1. The lowest BCUT2D eigenvalue weighted by molar-refractivity contribution is -0.117. The molecule has 0 heterocycles. The Labute approximate surface area is 150 Å². The summed E-state index contributed by atoms with van der Waals surface area (Å²) in [4.78, 5) is 15.3. The Hall–Kier alpha value is -1.04. The normalized spacial score (nSPS) is 21.0. The van der Waals surface area contributed by atoms with E-state index in [2.05, 4.69) is 12.2 Å². The molecule has 1 saturated carbocycles. The molecule has 0 radical (unpaired) electrons. The van der Waals surface area contributed by atoms with Crippen LogP contribution < -0.4 is 5.32 Å². The number of amides is 1. The molecular weight excluding hydrogens is 320 g/mol. The van der Waals surface area contributed by atoms with Gasteiger partial charge >= 0.3 is 0 Å². The molecule has 0 unspecified atom stereocenters. The van der Waals surface area contributed by atoms with Crippen molar-refractivity contribution < 1.29 is 9.53 Å². The molecule has 0 aromatic heterocycles. The van der Waals surface area contributed by atoms with Crippen LogP contribution in [-0.2, 0) is 9.53 Å². The number of para-hydroxylation sites is 1. The lowest BCUT2D eigenvalue weighted by Crippen LogP contribution is -2.34. The van der Waals surface area contributed by atoms with Gasteiger partial charge in [-0.25, -0.2) is 0 Å². The van der Waals surface area contributed by atoms with E-state index in [1.54, 1.807) is 11.8 Å². The Balaban J connectivity index is 1.69. The number of anilines is 1. The molecule has 134 valence electrons. The van der Waals surface area contributed by atoms with Crippen LogP contribution in [0.4, 0.5) is 5.69 Å². The quantitative estimate of drug-likeness (QED) is 0.723. The molecule has 1 aliphatic carbocycles. The van der Waals surface area contributed by atoms with E-state index in [9.17, 15) is 4.79 Å². The molecule has 24 heavy (non-hydrogen) atoms. The number of rotatable bonds is 8. The van der Waals surface area contributed by atoms with Crippen LogP contribution in [0.3, 0.4) is 0 Å². The predicted molar refractivity (Wildman–Crippen MR) is 102 cm³/mol. The predicted octanol–water partition coefficient (Wildman–Crippen LogP) is 3.87. The average Bonchev–Trinajstić information content (AvgIpc) is 2.57. The monoisotopic (exact) mass is 350 g/mol. The Morgan fingerprint density at radius 2 is 2.08 bits per heavy atom. The van der Waals surface area contributed by atoms with Crippen LogP contribution in [0, 0.1) is 5.92 Å². The van der Waals surface area contributed by atoms with Crippen molar-refractivity contribution in [3.8, 4) is 0 Å². The number of hydrogen-bond acceptors (Lipinski definition) is 4. The third kappa shape index (κ3) is 6.11. The molecule has 0 bridgehead atoms. The number of hydrogen-bond donors (Lipinski definition) is 1. The van der Waals surface area contributed by atoms with Crippen molar-refractivity contribution in [1.29, 1.82) is 0 Å². The van der Waals surface area contributed by atoms with Gasteiger partial charge in [0.05, 0.1) is 24.9 Å². The maximum Gasteiger partial charge on any atom is 0.238 e. The van der Waals surface area contributed by atoms with Gasteiger partial charge in [0.2, 0.25) is 5.91 Å². The van der Waals surface area contributed by atoms with Crippen molar-refractivity contribution in [2.45, 2.75) is 43.6 Å². The van der Waals surface area contributed by atoms with Crippen molar-refractivity contribution >= 4 is 23.4 Å². The fourth-order valence-electron chi connectivity index (χ4n) is 3.15. The molecule has 1 aromatic carbocycles. The Kier molecular flexibility index (Phi) is 8.09. The second-order valence-electron chi connectivity index (χ2n) is 6.66. The number of nitrogens with one attached hydrogen (secondary N) is 1. The maximum atomic E-state index is 12.2. The zero-order valence-electron chi connectivity index (χ0n) is 15.1. The van der Waals surface area contributed by atoms with Crippen molar-refractivity contribution in [2.75, 3.05) is 38.3 Å². The van der Waals surface area contributed by atoms with E-state index >= 15 is 0 Å². The van der Waals surface area contributed by atoms with Gasteiger partial charge in [-0.05, 0) is 44.2 Å². The lowest BCUT2D eigenvalue weighted by Gasteiger charge is -2.29. The molecule has 1 aliphatic rings. The highest BCUT2D eigenvalue weighted by molar-refractivity contribution is 7.98. The Morgan fingerprint density at radius 1 is 1.33 bits per heavy atom. The van der Waals surface area contributed by atoms with Gasteiger partial charge in [-0.2, -0.15) is 0 Å². The molecule has 1 N–H and O–H groups in total. The minimum absolute atomic E-state index is 0.0186. The highest BCUT2D eigenvalue weighted by Crippen LogP contribution is 2.26. The number of thioether (sulfide) groups is 1. The van der Waals surface area contributed by atoms with Crippen LogP contribution in [0.25, 0.3) is 0 Å². The van der Waals surface area contributed by atoms with E-state index in [1.807, 2.05) is 42.5 Å². The van der Waals surface area contributed by atoms with E-state index in [1.165, 1.54) is 25.7 Å². The minimum Gasteiger partial charge on any atom is -0.377 e. The highest BCUT2D eigenvalue weighted by Gasteiger charge is 2.21. The first-order chi connectivity index (χ1) is 11.6. The summed E-state index contributed by atoms with van der Waals surface area (Å²) in [5.74, 6) is 0.681. The van der Waals surface area contributed by atoms with Crippen LogP contribution in [0.1, 0.15) is 32.6 Å². The van der Waals surface area contributed by atoms with Crippen molar-refractivity contribution in [2.24, 2.45) is 5.92 Å². The summed E-state index contributed by atoms with van der Waals surface area (Å²) in [5.41, 5.74) is 0.885. The van der Waals surface area contributed by atoms with Gasteiger partial charge in [-0.15, -0.1) is 11.8 Å².